The van der Waals surface area contributed by atoms with Gasteiger partial charge in [-0.3, -0.25) is 9.59 Å². The van der Waals surface area contributed by atoms with E-state index in [-0.39, 0.29) is 33.3 Å². The standard InChI is InChI=1S/C19H17ClFNO6/c1-10(18(24)22-14-6-5-12(21)8-13(14)20)28-19(25)16-11(9-23)4-7-15(26-2)17(16)27-3/h4-10H,1-3H3,(H,22,24)/t10-/m1/s1. The van der Waals surface area contributed by atoms with Crippen molar-refractivity contribution in [1.29, 1.82) is 0 Å². The molecule has 1 amide bonds. The molecule has 0 aliphatic heterocycles. The van der Waals surface area contributed by atoms with E-state index in [1.54, 1.807) is 0 Å². The molecular formula is C19H17ClFNO6. The van der Waals surface area contributed by atoms with Gasteiger partial charge in [-0.05, 0) is 37.3 Å². The number of hydrogen-bond donors (Lipinski definition) is 1. The van der Waals surface area contributed by atoms with Gasteiger partial charge in [-0.15, -0.1) is 0 Å². The number of carbonyl (C=O) groups excluding carboxylic acids is 3. The van der Waals surface area contributed by atoms with Crippen molar-refractivity contribution in [1.82, 2.24) is 0 Å². The summed E-state index contributed by atoms with van der Waals surface area (Å²) in [5.74, 6) is -1.99. The molecule has 0 bridgehead atoms. The van der Waals surface area contributed by atoms with Crippen LogP contribution >= 0.6 is 11.6 Å². The zero-order chi connectivity index (χ0) is 20.8. The minimum atomic E-state index is -1.25. The van der Waals surface area contributed by atoms with Crippen LogP contribution in [0.1, 0.15) is 27.6 Å². The highest BCUT2D eigenvalue weighted by molar-refractivity contribution is 6.33. The molecule has 1 atom stereocenters. The Morgan fingerprint density at radius 2 is 1.89 bits per heavy atom. The van der Waals surface area contributed by atoms with Crippen molar-refractivity contribution in [2.45, 2.75) is 13.0 Å². The van der Waals surface area contributed by atoms with Crippen LogP contribution in [0.15, 0.2) is 30.3 Å². The Labute approximate surface area is 165 Å². The third-order valence-corrected chi connectivity index (χ3v) is 4.06. The van der Waals surface area contributed by atoms with E-state index < -0.39 is 23.8 Å². The van der Waals surface area contributed by atoms with Crippen molar-refractivity contribution < 1.29 is 33.0 Å². The Bertz CT molecular complexity index is 918. The SMILES string of the molecule is COc1ccc(C=O)c(C(=O)O[C@H](C)C(=O)Nc2ccc(F)cc2Cl)c1OC. The van der Waals surface area contributed by atoms with E-state index in [1.165, 1.54) is 39.3 Å². The van der Waals surface area contributed by atoms with Crippen molar-refractivity contribution >= 4 is 35.5 Å². The maximum atomic E-state index is 13.1. The van der Waals surface area contributed by atoms with E-state index in [4.69, 9.17) is 25.8 Å². The van der Waals surface area contributed by atoms with Gasteiger partial charge < -0.3 is 19.5 Å². The summed E-state index contributed by atoms with van der Waals surface area (Å²) < 4.78 is 28.5. The van der Waals surface area contributed by atoms with Crippen molar-refractivity contribution in [3.8, 4) is 11.5 Å². The maximum absolute atomic E-state index is 13.1. The Morgan fingerprint density at radius 1 is 1.18 bits per heavy atom. The number of esters is 1. The summed E-state index contributed by atoms with van der Waals surface area (Å²) in [6, 6.07) is 6.26. The van der Waals surface area contributed by atoms with Crippen LogP contribution in [0.25, 0.3) is 0 Å². The molecule has 1 N–H and O–H groups in total. The highest BCUT2D eigenvalue weighted by atomic mass is 35.5. The first-order valence-electron chi connectivity index (χ1n) is 7.99. The molecule has 0 spiro atoms. The number of rotatable bonds is 7. The molecule has 9 heteroatoms. The lowest BCUT2D eigenvalue weighted by Crippen LogP contribution is -2.30. The molecule has 0 aliphatic carbocycles. The van der Waals surface area contributed by atoms with Gasteiger partial charge in [0.05, 0.1) is 24.9 Å². The number of aldehydes is 1. The largest absolute Gasteiger partial charge is 0.493 e. The summed E-state index contributed by atoms with van der Waals surface area (Å²) in [5, 5.41) is 2.42. The number of carbonyl (C=O) groups is 3. The Kier molecular flexibility index (Phi) is 6.94. The van der Waals surface area contributed by atoms with E-state index in [9.17, 15) is 18.8 Å². The molecule has 148 valence electrons. The fourth-order valence-electron chi connectivity index (χ4n) is 2.35. The number of halogens is 2. The van der Waals surface area contributed by atoms with Crippen LogP contribution in [0.4, 0.5) is 10.1 Å². The monoisotopic (exact) mass is 409 g/mol. The zero-order valence-electron chi connectivity index (χ0n) is 15.2. The normalized spacial score (nSPS) is 11.3. The average Bonchev–Trinajstić information content (AvgIpc) is 2.68. The molecule has 0 unspecified atom stereocenters. The van der Waals surface area contributed by atoms with Gasteiger partial charge in [0.15, 0.2) is 23.9 Å². The van der Waals surface area contributed by atoms with Crippen LogP contribution in [-0.4, -0.2) is 38.5 Å². The van der Waals surface area contributed by atoms with Gasteiger partial charge in [-0.25, -0.2) is 9.18 Å². The number of hydrogen-bond acceptors (Lipinski definition) is 6. The molecule has 2 aromatic rings. The fourth-order valence-corrected chi connectivity index (χ4v) is 2.56. The number of ether oxygens (including phenoxy) is 3. The van der Waals surface area contributed by atoms with E-state index in [0.717, 1.165) is 12.1 Å². The van der Waals surface area contributed by atoms with Crippen LogP contribution in [0, 0.1) is 5.82 Å². The predicted octanol–water partition coefficient (Wildman–Crippen LogP) is 3.49. The lowest BCUT2D eigenvalue weighted by atomic mass is 10.1. The summed E-state index contributed by atoms with van der Waals surface area (Å²) in [6.07, 6.45) is -0.786. The number of amides is 1. The summed E-state index contributed by atoms with van der Waals surface area (Å²) in [7, 11) is 2.67. The summed E-state index contributed by atoms with van der Waals surface area (Å²) >= 11 is 5.86. The zero-order valence-corrected chi connectivity index (χ0v) is 16.0. The van der Waals surface area contributed by atoms with Gasteiger partial charge in [0.2, 0.25) is 0 Å². The molecule has 0 saturated heterocycles. The van der Waals surface area contributed by atoms with E-state index in [0.29, 0.717) is 6.29 Å². The number of nitrogens with one attached hydrogen (secondary N) is 1. The van der Waals surface area contributed by atoms with Crippen LogP contribution in [-0.2, 0) is 9.53 Å². The van der Waals surface area contributed by atoms with Gasteiger partial charge in [0, 0.05) is 5.56 Å². The van der Waals surface area contributed by atoms with Crippen molar-refractivity contribution in [3.05, 3.63) is 52.3 Å². The molecule has 2 aromatic carbocycles. The van der Waals surface area contributed by atoms with Gasteiger partial charge >= 0.3 is 5.97 Å². The second-order valence-corrected chi connectivity index (χ2v) is 5.95. The maximum Gasteiger partial charge on any atom is 0.343 e. The summed E-state index contributed by atoms with van der Waals surface area (Å²) in [6.45, 7) is 1.33. The summed E-state index contributed by atoms with van der Waals surface area (Å²) in [5.41, 5.74) is -0.00309. The number of benzene rings is 2. The molecule has 0 aliphatic rings. The quantitative estimate of drug-likeness (QED) is 0.556. The predicted molar refractivity (Wildman–Crippen MR) is 99.9 cm³/mol. The lowest BCUT2D eigenvalue weighted by Gasteiger charge is -2.17. The van der Waals surface area contributed by atoms with Crippen molar-refractivity contribution in [2.75, 3.05) is 19.5 Å². The smallest absolute Gasteiger partial charge is 0.343 e. The van der Waals surface area contributed by atoms with Crippen molar-refractivity contribution in [3.63, 3.8) is 0 Å². The van der Waals surface area contributed by atoms with Crippen LogP contribution < -0.4 is 14.8 Å². The molecule has 0 heterocycles. The average molecular weight is 410 g/mol. The molecule has 2 rings (SSSR count). The highest BCUT2D eigenvalue weighted by Gasteiger charge is 2.26. The minimum absolute atomic E-state index is 0.00582. The number of methoxy groups -OCH3 is 2. The van der Waals surface area contributed by atoms with Gasteiger partial charge in [-0.2, -0.15) is 0 Å². The van der Waals surface area contributed by atoms with Gasteiger partial charge in [-0.1, -0.05) is 11.6 Å². The van der Waals surface area contributed by atoms with E-state index >= 15 is 0 Å². The fraction of sp³-hybridized carbons (Fsp3) is 0.211. The summed E-state index contributed by atoms with van der Waals surface area (Å²) in [4.78, 5) is 36.2. The number of anilines is 1. The van der Waals surface area contributed by atoms with Gasteiger partial charge in [0.1, 0.15) is 11.4 Å². The van der Waals surface area contributed by atoms with E-state index in [2.05, 4.69) is 5.32 Å². The highest BCUT2D eigenvalue weighted by Crippen LogP contribution is 2.33. The van der Waals surface area contributed by atoms with E-state index in [1.807, 2.05) is 0 Å². The minimum Gasteiger partial charge on any atom is -0.493 e. The second kappa shape index (κ2) is 9.18. The first kappa shape index (κ1) is 21.2. The lowest BCUT2D eigenvalue weighted by molar-refractivity contribution is -0.123. The Balaban J connectivity index is 2.22. The molecule has 0 fully saturated rings. The topological polar surface area (TPSA) is 90.9 Å². The molecule has 0 aromatic heterocycles. The van der Waals surface area contributed by atoms with Gasteiger partial charge in [0.25, 0.3) is 5.91 Å². The Morgan fingerprint density at radius 3 is 2.46 bits per heavy atom. The first-order chi connectivity index (χ1) is 13.3. The van der Waals surface area contributed by atoms with Crippen LogP contribution in [0.2, 0.25) is 5.02 Å². The molecule has 7 nitrogen and oxygen atoms in total. The molecule has 0 saturated carbocycles. The van der Waals surface area contributed by atoms with Crippen molar-refractivity contribution in [2.24, 2.45) is 0 Å². The molecular weight excluding hydrogens is 393 g/mol. The second-order valence-electron chi connectivity index (χ2n) is 5.54. The Hall–Kier alpha value is -3.13. The first-order valence-corrected chi connectivity index (χ1v) is 8.37. The molecule has 28 heavy (non-hydrogen) atoms. The van der Waals surface area contributed by atoms with Crippen LogP contribution in [0.5, 0.6) is 11.5 Å². The third kappa shape index (κ3) is 4.58. The van der Waals surface area contributed by atoms with Crippen LogP contribution in [0.3, 0.4) is 0 Å². The molecule has 0 radical (unpaired) electrons. The third-order valence-electron chi connectivity index (χ3n) is 3.75.